The van der Waals surface area contributed by atoms with Crippen molar-refractivity contribution in [3.05, 3.63) is 0 Å². The lowest BCUT2D eigenvalue weighted by Crippen LogP contribution is -2.16. The molecule has 0 saturated heterocycles. The molecule has 0 fully saturated rings. The van der Waals surface area contributed by atoms with Crippen molar-refractivity contribution >= 4 is 13.5 Å². The molecule has 1 N–H and O–H groups in total. The summed E-state index contributed by atoms with van der Waals surface area (Å²) in [7, 11) is -1.47. The van der Waals surface area contributed by atoms with E-state index in [2.05, 4.69) is 20.8 Å². The standard InChI is InChI=1S/C9H22OP.C2H4O2/c1-4-7-11(10,8-5-2)9-6-3;1-2(3)4/h10H,4-9H2,1-3H3;1H3,(H,3,4)/q+1;/p-1. The first-order valence-corrected chi connectivity index (χ1v) is 7.98. The Morgan fingerprint density at radius 2 is 1.27 bits per heavy atom. The average molecular weight is 236 g/mol. The third-order valence-corrected chi connectivity index (χ3v) is 5.76. The van der Waals surface area contributed by atoms with E-state index in [9.17, 15) is 4.89 Å². The molecule has 0 aromatic rings. The van der Waals surface area contributed by atoms with Gasteiger partial charge in [-0.3, -0.25) is 4.89 Å². The first kappa shape index (κ1) is 17.3. The topological polar surface area (TPSA) is 60.4 Å². The zero-order valence-electron chi connectivity index (χ0n) is 10.5. The lowest BCUT2D eigenvalue weighted by Gasteiger charge is -2.18. The molecule has 0 spiro atoms. The summed E-state index contributed by atoms with van der Waals surface area (Å²) in [6.07, 6.45) is 6.66. The fraction of sp³-hybridized carbons (Fsp3) is 0.909. The molecule has 0 saturated carbocycles. The van der Waals surface area contributed by atoms with E-state index in [1.54, 1.807) is 0 Å². The van der Waals surface area contributed by atoms with Gasteiger partial charge in [0.15, 0.2) is 0 Å². The molecule has 0 aliphatic rings. The van der Waals surface area contributed by atoms with Crippen molar-refractivity contribution < 1.29 is 14.8 Å². The number of carboxylic acid groups (broad SMARTS) is 1. The van der Waals surface area contributed by atoms with E-state index >= 15 is 0 Å². The number of hydrogen-bond donors (Lipinski definition) is 1. The molecule has 92 valence electrons. The van der Waals surface area contributed by atoms with Crippen LogP contribution in [0.25, 0.3) is 0 Å². The molecule has 0 bridgehead atoms. The molecule has 0 atom stereocenters. The van der Waals surface area contributed by atoms with Crippen molar-refractivity contribution in [1.82, 2.24) is 0 Å². The van der Waals surface area contributed by atoms with Gasteiger partial charge in [-0.1, -0.05) is 20.8 Å². The largest absolute Gasteiger partial charge is 0.550 e. The van der Waals surface area contributed by atoms with Crippen molar-refractivity contribution in [2.45, 2.75) is 47.0 Å². The normalized spacial score (nSPS) is 10.5. The summed E-state index contributed by atoms with van der Waals surface area (Å²) in [4.78, 5) is 19.0. The van der Waals surface area contributed by atoms with Gasteiger partial charge >= 0.3 is 0 Å². The minimum atomic E-state index is -1.47. The van der Waals surface area contributed by atoms with Crippen LogP contribution in [0.2, 0.25) is 0 Å². The summed E-state index contributed by atoms with van der Waals surface area (Å²) in [6, 6.07) is 0. The lowest BCUT2D eigenvalue weighted by atomic mass is 10.6. The van der Waals surface area contributed by atoms with Gasteiger partial charge in [-0.25, -0.2) is 0 Å². The maximum absolute atomic E-state index is 10.1. The number of carboxylic acids is 1. The zero-order valence-corrected chi connectivity index (χ0v) is 11.3. The van der Waals surface area contributed by atoms with Crippen LogP contribution in [0.4, 0.5) is 0 Å². The molecule has 0 radical (unpaired) electrons. The number of hydrogen-bond acceptors (Lipinski definition) is 3. The highest BCUT2D eigenvalue weighted by Gasteiger charge is 2.31. The first-order valence-electron chi connectivity index (χ1n) is 5.68. The van der Waals surface area contributed by atoms with Gasteiger partial charge in [0.2, 0.25) is 0 Å². The lowest BCUT2D eigenvalue weighted by molar-refractivity contribution is -0.302. The predicted molar refractivity (Wildman–Crippen MR) is 65.3 cm³/mol. The highest BCUT2D eigenvalue weighted by atomic mass is 31.2. The van der Waals surface area contributed by atoms with Crippen LogP contribution in [0.5, 0.6) is 0 Å². The van der Waals surface area contributed by atoms with Crippen molar-refractivity contribution in [2.75, 3.05) is 18.5 Å². The predicted octanol–water partition coefficient (Wildman–Crippen LogP) is 1.90. The van der Waals surface area contributed by atoms with E-state index < -0.39 is 13.5 Å². The Balaban J connectivity index is 0. The summed E-state index contributed by atoms with van der Waals surface area (Å²) in [5, 5.41) is 8.89. The highest BCUT2D eigenvalue weighted by Crippen LogP contribution is 2.55. The Morgan fingerprint density at radius 3 is 1.40 bits per heavy atom. The molecular weight excluding hydrogens is 211 g/mol. The van der Waals surface area contributed by atoms with Crippen LogP contribution >= 0.6 is 7.49 Å². The van der Waals surface area contributed by atoms with Gasteiger partial charge in [0, 0.05) is 5.97 Å². The smallest absolute Gasteiger partial charge is 0.142 e. The van der Waals surface area contributed by atoms with E-state index in [-0.39, 0.29) is 0 Å². The van der Waals surface area contributed by atoms with Gasteiger partial charge in [-0.15, -0.1) is 0 Å². The Bertz CT molecular complexity index is 139. The van der Waals surface area contributed by atoms with Crippen molar-refractivity contribution in [3.8, 4) is 0 Å². The molecule has 0 amide bonds. The molecule has 0 aromatic carbocycles. The molecular formula is C11H25O3P. The highest BCUT2D eigenvalue weighted by molar-refractivity contribution is 7.70. The summed E-state index contributed by atoms with van der Waals surface area (Å²) in [6.45, 7) is 7.46. The molecule has 3 nitrogen and oxygen atoms in total. The molecule has 4 heteroatoms. The third kappa shape index (κ3) is 13.9. The second kappa shape index (κ2) is 10.4. The first-order chi connectivity index (χ1) is 6.91. The SMILES string of the molecule is CC(=O)[O-].CCC[P+](O)(CCC)CCC. The molecule has 0 aliphatic carbocycles. The average Bonchev–Trinajstić information content (AvgIpc) is 2.03. The van der Waals surface area contributed by atoms with E-state index in [1.807, 2.05) is 0 Å². The van der Waals surface area contributed by atoms with E-state index in [4.69, 9.17) is 9.90 Å². The number of carbonyl (C=O) groups is 1. The fourth-order valence-corrected chi connectivity index (χ4v) is 4.75. The molecule has 0 rings (SSSR count). The summed E-state index contributed by atoms with van der Waals surface area (Å²) < 4.78 is 0. The third-order valence-electron chi connectivity index (χ3n) is 1.92. The summed E-state index contributed by atoms with van der Waals surface area (Å²) >= 11 is 0. The van der Waals surface area contributed by atoms with E-state index in [0.717, 1.165) is 44.7 Å². The van der Waals surface area contributed by atoms with Gasteiger partial charge in [0.25, 0.3) is 0 Å². The van der Waals surface area contributed by atoms with Crippen LogP contribution in [-0.4, -0.2) is 29.3 Å². The molecule has 0 unspecified atom stereocenters. The van der Waals surface area contributed by atoms with Crippen molar-refractivity contribution in [2.24, 2.45) is 0 Å². The quantitative estimate of drug-likeness (QED) is 0.716. The van der Waals surface area contributed by atoms with Crippen molar-refractivity contribution in [3.63, 3.8) is 0 Å². The molecule has 0 heterocycles. The van der Waals surface area contributed by atoms with E-state index in [1.165, 1.54) is 0 Å². The fourth-order valence-electron chi connectivity index (χ4n) is 1.58. The maximum Gasteiger partial charge on any atom is 0.142 e. The van der Waals surface area contributed by atoms with Crippen LogP contribution in [0.15, 0.2) is 0 Å². The Morgan fingerprint density at radius 1 is 1.07 bits per heavy atom. The molecule has 0 aromatic heterocycles. The minimum Gasteiger partial charge on any atom is -0.550 e. The Kier molecular flexibility index (Phi) is 11.9. The number of carbonyl (C=O) groups excluding carboxylic acids is 1. The second-order valence-corrected chi connectivity index (χ2v) is 7.29. The summed E-state index contributed by atoms with van der Waals surface area (Å²) in [5.74, 6) is -1.08. The number of aliphatic carboxylic acids is 1. The molecule has 15 heavy (non-hydrogen) atoms. The molecule has 0 aliphatic heterocycles. The summed E-state index contributed by atoms with van der Waals surface area (Å²) in [5.41, 5.74) is 0. The van der Waals surface area contributed by atoms with Gasteiger partial charge < -0.3 is 9.90 Å². The van der Waals surface area contributed by atoms with Crippen LogP contribution in [0.1, 0.15) is 47.0 Å². The number of rotatable bonds is 6. The van der Waals surface area contributed by atoms with Gasteiger partial charge in [-0.05, 0) is 26.2 Å². The monoisotopic (exact) mass is 236 g/mol. The maximum atomic E-state index is 10.1. The van der Waals surface area contributed by atoms with Gasteiger partial charge in [0.1, 0.15) is 7.49 Å². The van der Waals surface area contributed by atoms with Gasteiger partial charge in [0.05, 0.1) is 18.5 Å². The zero-order chi connectivity index (χ0) is 12.3. The minimum absolute atomic E-state index is 0.972. The van der Waals surface area contributed by atoms with Crippen LogP contribution in [0.3, 0.4) is 0 Å². The van der Waals surface area contributed by atoms with E-state index in [0.29, 0.717) is 0 Å². The second-order valence-electron chi connectivity index (χ2n) is 3.76. The Labute approximate surface area is 94.3 Å². The van der Waals surface area contributed by atoms with Crippen LogP contribution in [0, 0.1) is 0 Å². The van der Waals surface area contributed by atoms with Gasteiger partial charge in [-0.2, -0.15) is 0 Å². The van der Waals surface area contributed by atoms with Crippen molar-refractivity contribution in [1.29, 1.82) is 0 Å². The Hall–Kier alpha value is -0.140. The van der Waals surface area contributed by atoms with Crippen LogP contribution < -0.4 is 5.11 Å². The van der Waals surface area contributed by atoms with Crippen LogP contribution in [-0.2, 0) is 4.79 Å².